The predicted molar refractivity (Wildman–Crippen MR) is 149 cm³/mol. The van der Waals surface area contributed by atoms with Crippen molar-refractivity contribution in [2.24, 2.45) is 5.92 Å². The third kappa shape index (κ3) is 25.3. The summed E-state index contributed by atoms with van der Waals surface area (Å²) in [5, 5.41) is 9.00. The van der Waals surface area contributed by atoms with Crippen LogP contribution in [0.1, 0.15) is 148 Å². The summed E-state index contributed by atoms with van der Waals surface area (Å²) in [6, 6.07) is 0. The van der Waals surface area contributed by atoms with Crippen LogP contribution in [0, 0.1) is 5.92 Å². The first-order valence-electron chi connectivity index (χ1n) is 14.8. The Hall–Kier alpha value is -1.58. The van der Waals surface area contributed by atoms with Crippen LogP contribution < -0.4 is 0 Å². The Morgan fingerprint density at radius 1 is 0.714 bits per heavy atom. The van der Waals surface area contributed by atoms with Gasteiger partial charge in [0.15, 0.2) is 0 Å². The number of allylic oxidation sites excluding steroid dienone is 2. The van der Waals surface area contributed by atoms with Crippen molar-refractivity contribution in [3.05, 3.63) is 24.8 Å². The van der Waals surface area contributed by atoms with E-state index in [4.69, 9.17) is 9.84 Å². The summed E-state index contributed by atoms with van der Waals surface area (Å²) in [7, 11) is 0. The largest absolute Gasteiger partial charge is 0.481 e. The lowest BCUT2D eigenvalue weighted by Crippen LogP contribution is -2.21. The van der Waals surface area contributed by atoms with Gasteiger partial charge < -0.3 is 9.84 Å². The van der Waals surface area contributed by atoms with Gasteiger partial charge >= 0.3 is 11.9 Å². The molecule has 0 aromatic rings. The van der Waals surface area contributed by atoms with Gasteiger partial charge in [-0.2, -0.15) is 0 Å². The Labute approximate surface area is 217 Å². The fourth-order valence-corrected chi connectivity index (χ4v) is 4.47. The molecule has 0 bridgehead atoms. The number of hydrogen-bond donors (Lipinski definition) is 1. The third-order valence-electron chi connectivity index (χ3n) is 6.66. The summed E-state index contributed by atoms with van der Waals surface area (Å²) in [4.78, 5) is 22.9. The van der Waals surface area contributed by atoms with Crippen LogP contribution in [0.15, 0.2) is 24.8 Å². The Morgan fingerprint density at radius 2 is 1.14 bits per heavy atom. The number of esters is 1. The van der Waals surface area contributed by atoms with E-state index in [0.29, 0.717) is 6.42 Å². The average molecular weight is 493 g/mol. The van der Waals surface area contributed by atoms with Gasteiger partial charge in [-0.1, -0.05) is 134 Å². The van der Waals surface area contributed by atoms with Crippen LogP contribution in [-0.2, 0) is 14.3 Å². The number of carbonyl (C=O) groups is 2. The summed E-state index contributed by atoms with van der Waals surface area (Å²) in [6.45, 7) is 5.94. The van der Waals surface area contributed by atoms with Crippen molar-refractivity contribution >= 4 is 11.9 Å². The van der Waals surface area contributed by atoms with E-state index in [1.165, 1.54) is 115 Å². The highest BCUT2D eigenvalue weighted by atomic mass is 16.5. The highest BCUT2D eigenvalue weighted by Gasteiger charge is 2.22. The number of carbonyl (C=O) groups excluding carboxylic acids is 1. The number of carboxylic acids is 1. The van der Waals surface area contributed by atoms with Crippen LogP contribution in [0.3, 0.4) is 0 Å². The Balaban J connectivity index is 3.44. The van der Waals surface area contributed by atoms with E-state index in [2.05, 4.69) is 25.7 Å². The maximum Gasteiger partial charge on any atom is 0.309 e. The van der Waals surface area contributed by atoms with Crippen molar-refractivity contribution in [3.8, 4) is 0 Å². The molecule has 1 unspecified atom stereocenters. The van der Waals surface area contributed by atoms with Crippen molar-refractivity contribution in [1.29, 1.82) is 0 Å². The van der Waals surface area contributed by atoms with Gasteiger partial charge in [-0.15, -0.1) is 0 Å². The van der Waals surface area contributed by atoms with Crippen molar-refractivity contribution in [1.82, 2.24) is 0 Å². The van der Waals surface area contributed by atoms with Gasteiger partial charge in [-0.25, -0.2) is 0 Å². The van der Waals surface area contributed by atoms with Crippen LogP contribution >= 0.6 is 0 Å². The van der Waals surface area contributed by atoms with E-state index in [1.807, 2.05) is 0 Å². The summed E-state index contributed by atoms with van der Waals surface area (Å²) < 4.78 is 5.03. The Kier molecular flexibility index (Phi) is 25.8. The number of unbranched alkanes of at least 4 members (excludes halogenated alkanes) is 18. The summed E-state index contributed by atoms with van der Waals surface area (Å²) in [5.41, 5.74) is 0. The highest BCUT2D eigenvalue weighted by molar-refractivity contribution is 5.79. The molecule has 0 aliphatic heterocycles. The van der Waals surface area contributed by atoms with Crippen molar-refractivity contribution in [2.75, 3.05) is 6.61 Å². The first kappa shape index (κ1) is 33.4. The number of aliphatic carboxylic acids is 1. The molecule has 4 nitrogen and oxygen atoms in total. The van der Waals surface area contributed by atoms with E-state index in [0.717, 1.165) is 19.3 Å². The molecule has 204 valence electrons. The molecule has 1 atom stereocenters. The van der Waals surface area contributed by atoms with Crippen molar-refractivity contribution in [2.45, 2.75) is 148 Å². The monoisotopic (exact) mass is 492 g/mol. The van der Waals surface area contributed by atoms with E-state index >= 15 is 0 Å². The van der Waals surface area contributed by atoms with E-state index in [9.17, 15) is 9.59 Å². The highest BCUT2D eigenvalue weighted by Crippen LogP contribution is 2.18. The molecule has 0 heterocycles. The van der Waals surface area contributed by atoms with Crippen LogP contribution in [0.4, 0.5) is 0 Å². The number of ether oxygens (including phenoxy) is 1. The third-order valence-corrected chi connectivity index (χ3v) is 6.66. The molecule has 0 fully saturated rings. The summed E-state index contributed by atoms with van der Waals surface area (Å²) in [5.74, 6) is -1.90. The van der Waals surface area contributed by atoms with E-state index in [-0.39, 0.29) is 13.0 Å². The maximum atomic E-state index is 11.9. The average Bonchev–Trinajstić information content (AvgIpc) is 2.84. The number of hydrogen-bond acceptors (Lipinski definition) is 3. The fourth-order valence-electron chi connectivity index (χ4n) is 4.47. The molecule has 0 saturated carbocycles. The molecular weight excluding hydrogens is 436 g/mol. The van der Waals surface area contributed by atoms with Gasteiger partial charge in [0.2, 0.25) is 0 Å². The SMILES string of the molecule is C=CCOC(=O)C(CCCCCCCCC/C=C/CCCCCCCCCCCCC)CC(=O)O. The van der Waals surface area contributed by atoms with Crippen molar-refractivity contribution in [3.63, 3.8) is 0 Å². The molecule has 0 rings (SSSR count). The molecule has 0 aliphatic carbocycles. The van der Waals surface area contributed by atoms with E-state index in [1.54, 1.807) is 0 Å². The second-order valence-electron chi connectivity index (χ2n) is 10.1. The van der Waals surface area contributed by atoms with Crippen LogP contribution in [0.2, 0.25) is 0 Å². The van der Waals surface area contributed by atoms with Crippen LogP contribution in [0.5, 0.6) is 0 Å². The van der Waals surface area contributed by atoms with Gasteiger partial charge in [-0.3, -0.25) is 9.59 Å². The molecule has 1 N–H and O–H groups in total. The summed E-state index contributed by atoms with van der Waals surface area (Å²) >= 11 is 0. The molecule has 4 heteroatoms. The van der Waals surface area contributed by atoms with Gasteiger partial charge in [0, 0.05) is 0 Å². The summed E-state index contributed by atoms with van der Waals surface area (Å²) in [6.07, 6.45) is 32.7. The normalized spacial score (nSPS) is 12.1. The zero-order valence-electron chi connectivity index (χ0n) is 23.0. The van der Waals surface area contributed by atoms with Gasteiger partial charge in [0.1, 0.15) is 6.61 Å². The second-order valence-corrected chi connectivity index (χ2v) is 10.1. The lowest BCUT2D eigenvalue weighted by atomic mass is 9.97. The molecule has 0 aromatic heterocycles. The zero-order valence-corrected chi connectivity index (χ0v) is 23.0. The van der Waals surface area contributed by atoms with Crippen molar-refractivity contribution < 1.29 is 19.4 Å². The first-order valence-corrected chi connectivity index (χ1v) is 14.8. The minimum atomic E-state index is -0.946. The molecular formula is C31H56O4. The number of carboxylic acid groups (broad SMARTS) is 1. The fraction of sp³-hybridized carbons (Fsp3) is 0.806. The molecule has 0 aromatic carbocycles. The Morgan fingerprint density at radius 3 is 1.57 bits per heavy atom. The molecule has 0 saturated heterocycles. The topological polar surface area (TPSA) is 63.6 Å². The second kappa shape index (κ2) is 27.0. The molecule has 0 radical (unpaired) electrons. The van der Waals surface area contributed by atoms with Gasteiger partial charge in [-0.05, 0) is 32.1 Å². The molecule has 0 amide bonds. The minimum Gasteiger partial charge on any atom is -0.481 e. The molecule has 0 spiro atoms. The minimum absolute atomic E-state index is 0.142. The lowest BCUT2D eigenvalue weighted by molar-refractivity contribution is -0.152. The quantitative estimate of drug-likeness (QED) is 0.0704. The smallest absolute Gasteiger partial charge is 0.309 e. The number of rotatable bonds is 27. The van der Waals surface area contributed by atoms with E-state index < -0.39 is 17.9 Å². The van der Waals surface area contributed by atoms with Crippen LogP contribution in [-0.4, -0.2) is 23.7 Å². The van der Waals surface area contributed by atoms with Crippen LogP contribution in [0.25, 0.3) is 0 Å². The zero-order chi connectivity index (χ0) is 25.8. The van der Waals surface area contributed by atoms with Gasteiger partial charge in [0.25, 0.3) is 0 Å². The molecule has 0 aliphatic rings. The molecule has 35 heavy (non-hydrogen) atoms. The predicted octanol–water partition coefficient (Wildman–Crippen LogP) is 9.57. The standard InChI is InChI=1S/C31H56O4/c1-3-5-6-7-8-9-10-11-12-13-14-15-16-17-18-19-20-21-22-23-24-25-26-29(28-30(32)33)31(34)35-27-4-2/h4,16-17,29H,2-3,5-15,18-28H2,1H3,(H,32,33)/b17-16+. The van der Waals surface area contributed by atoms with Gasteiger partial charge in [0.05, 0.1) is 12.3 Å². The maximum absolute atomic E-state index is 11.9. The first-order chi connectivity index (χ1) is 17.1. The lowest BCUT2D eigenvalue weighted by Gasteiger charge is -2.13. The Bertz CT molecular complexity index is 526.